The minimum Gasteiger partial charge on any atom is -0.353 e. The highest BCUT2D eigenvalue weighted by atomic mass is 15.3. The Morgan fingerprint density at radius 2 is 1.96 bits per heavy atom. The van der Waals surface area contributed by atoms with Gasteiger partial charge in [0.15, 0.2) is 0 Å². The molecule has 7 rings (SSSR count). The monoisotopic (exact) mass is 361 g/mol. The van der Waals surface area contributed by atoms with Crippen LogP contribution in [0.2, 0.25) is 0 Å². The standard InChI is InChI=1S/C22H27N5/c1-13-3-6-24-16(9-13)25-17-10-14(22(2)4-7-23-8-5-22)11-18(26-17)27-12-15-19-20(15)21(19)27/h3,6,9-11,15,19-21,23H,4-5,7-8,12H2,1-2H3,(H,24,25,26). The van der Waals surface area contributed by atoms with Crippen LogP contribution < -0.4 is 15.5 Å². The van der Waals surface area contributed by atoms with Gasteiger partial charge in [0.2, 0.25) is 0 Å². The van der Waals surface area contributed by atoms with E-state index < -0.39 is 0 Å². The van der Waals surface area contributed by atoms with Gasteiger partial charge in [-0.3, -0.25) is 0 Å². The maximum atomic E-state index is 5.02. The van der Waals surface area contributed by atoms with Crippen molar-refractivity contribution in [1.29, 1.82) is 0 Å². The summed E-state index contributed by atoms with van der Waals surface area (Å²) in [6.07, 6.45) is 4.21. The summed E-state index contributed by atoms with van der Waals surface area (Å²) in [6.45, 7) is 7.90. The lowest BCUT2D eigenvalue weighted by atomic mass is 9.75. The largest absolute Gasteiger partial charge is 0.353 e. The van der Waals surface area contributed by atoms with Crippen LogP contribution in [0.15, 0.2) is 30.5 Å². The van der Waals surface area contributed by atoms with Gasteiger partial charge < -0.3 is 15.5 Å². The van der Waals surface area contributed by atoms with Crippen LogP contribution in [0.1, 0.15) is 30.9 Å². The molecule has 27 heavy (non-hydrogen) atoms. The molecule has 0 amide bonds. The maximum Gasteiger partial charge on any atom is 0.134 e. The first-order chi connectivity index (χ1) is 13.1. The third-order valence-electron chi connectivity index (χ3n) is 7.39. The summed E-state index contributed by atoms with van der Waals surface area (Å²) in [6, 6.07) is 9.52. The molecule has 2 unspecified atom stereocenters. The first kappa shape index (κ1) is 15.9. The van der Waals surface area contributed by atoms with E-state index in [-0.39, 0.29) is 5.41 Å². The number of hydrogen-bond acceptors (Lipinski definition) is 5. The van der Waals surface area contributed by atoms with Gasteiger partial charge in [0, 0.05) is 18.8 Å². The smallest absolute Gasteiger partial charge is 0.134 e. The molecule has 2 N–H and O–H groups in total. The lowest BCUT2D eigenvalue weighted by molar-refractivity contribution is 0.335. The van der Waals surface area contributed by atoms with E-state index in [1.54, 1.807) is 0 Å². The van der Waals surface area contributed by atoms with Crippen LogP contribution in [0, 0.1) is 24.7 Å². The maximum absolute atomic E-state index is 5.02. The van der Waals surface area contributed by atoms with E-state index in [0.717, 1.165) is 48.5 Å². The zero-order chi connectivity index (χ0) is 18.2. The van der Waals surface area contributed by atoms with Crippen molar-refractivity contribution in [2.45, 2.75) is 38.1 Å². The predicted molar refractivity (Wildman–Crippen MR) is 108 cm³/mol. The summed E-state index contributed by atoms with van der Waals surface area (Å²) in [5.74, 6) is 5.90. The molecule has 2 aromatic rings. The molecule has 5 heterocycles. The molecule has 5 aliphatic rings. The Labute approximate surface area is 160 Å². The minimum atomic E-state index is 0.217. The number of nitrogens with one attached hydrogen (secondary N) is 2. The van der Waals surface area contributed by atoms with Crippen LogP contribution >= 0.6 is 0 Å². The first-order valence-electron chi connectivity index (χ1n) is 10.3. The molecule has 0 spiro atoms. The van der Waals surface area contributed by atoms with E-state index in [2.05, 4.69) is 52.6 Å². The normalized spacial score (nSPS) is 32.1. The average Bonchev–Trinajstić information content (AvgIpc) is 3.47. The number of fused-ring (bicyclic) bond motifs is 1. The molecular weight excluding hydrogens is 334 g/mol. The Hall–Kier alpha value is -2.14. The summed E-state index contributed by atoms with van der Waals surface area (Å²) in [7, 11) is 0. The Kier molecular flexibility index (Phi) is 3.20. The zero-order valence-corrected chi connectivity index (χ0v) is 16.1. The highest BCUT2D eigenvalue weighted by Crippen LogP contribution is 2.75. The van der Waals surface area contributed by atoms with E-state index in [1.165, 1.54) is 36.3 Å². The second kappa shape index (κ2) is 5.44. The van der Waals surface area contributed by atoms with Crippen molar-refractivity contribution in [3.05, 3.63) is 41.6 Å². The Bertz CT molecular complexity index is 887. The molecule has 0 radical (unpaired) electrons. The molecule has 5 nitrogen and oxygen atoms in total. The zero-order valence-electron chi connectivity index (χ0n) is 16.1. The lowest BCUT2D eigenvalue weighted by Gasteiger charge is -2.35. The highest BCUT2D eigenvalue weighted by molar-refractivity contribution is 5.62. The molecule has 3 aliphatic heterocycles. The fourth-order valence-electron chi connectivity index (χ4n) is 5.46. The Morgan fingerprint density at radius 3 is 2.67 bits per heavy atom. The number of piperidine rings is 2. The molecule has 2 bridgehead atoms. The van der Waals surface area contributed by atoms with Gasteiger partial charge in [0.25, 0.3) is 0 Å². The number of nitrogens with zero attached hydrogens (tertiary/aromatic N) is 3. The van der Waals surface area contributed by atoms with Crippen molar-refractivity contribution < 1.29 is 0 Å². The molecule has 140 valence electrons. The summed E-state index contributed by atoms with van der Waals surface area (Å²) in [5, 5.41) is 6.98. The van der Waals surface area contributed by atoms with Gasteiger partial charge in [-0.2, -0.15) is 0 Å². The van der Waals surface area contributed by atoms with Crippen molar-refractivity contribution in [1.82, 2.24) is 15.3 Å². The van der Waals surface area contributed by atoms with E-state index in [1.807, 2.05) is 12.3 Å². The highest BCUT2D eigenvalue weighted by Gasteiger charge is 2.80. The van der Waals surface area contributed by atoms with Gasteiger partial charge in [0.05, 0.1) is 0 Å². The first-order valence-corrected chi connectivity index (χ1v) is 10.3. The third kappa shape index (κ3) is 2.48. The molecule has 0 aromatic carbocycles. The van der Waals surface area contributed by atoms with Gasteiger partial charge in [-0.1, -0.05) is 6.92 Å². The summed E-state index contributed by atoms with van der Waals surface area (Å²) in [4.78, 5) is 12.1. The molecule has 2 aromatic heterocycles. The van der Waals surface area contributed by atoms with Crippen LogP contribution in [0.3, 0.4) is 0 Å². The average molecular weight is 361 g/mol. The van der Waals surface area contributed by atoms with E-state index in [9.17, 15) is 0 Å². The number of aryl methyl sites for hydroxylation is 1. The lowest BCUT2D eigenvalue weighted by Crippen LogP contribution is -2.38. The van der Waals surface area contributed by atoms with Gasteiger partial charge in [-0.05, 0) is 91.4 Å². The van der Waals surface area contributed by atoms with Gasteiger partial charge in [0.1, 0.15) is 17.5 Å². The molecule has 2 saturated carbocycles. The fraction of sp³-hybridized carbons (Fsp3) is 0.545. The third-order valence-corrected chi connectivity index (χ3v) is 7.39. The summed E-state index contributed by atoms with van der Waals surface area (Å²) < 4.78 is 0. The quantitative estimate of drug-likeness (QED) is 0.876. The SMILES string of the molecule is Cc1ccnc(Nc2cc(C3(C)CCNCC3)cc(N3CC4C5C4C53)n2)c1. The van der Waals surface area contributed by atoms with Crippen molar-refractivity contribution in [2.75, 3.05) is 29.9 Å². The van der Waals surface area contributed by atoms with Crippen molar-refractivity contribution >= 4 is 17.5 Å². The van der Waals surface area contributed by atoms with Crippen molar-refractivity contribution in [3.63, 3.8) is 0 Å². The van der Waals surface area contributed by atoms with Gasteiger partial charge >= 0.3 is 0 Å². The van der Waals surface area contributed by atoms with E-state index >= 15 is 0 Å². The van der Waals surface area contributed by atoms with Crippen LogP contribution in [-0.2, 0) is 5.41 Å². The van der Waals surface area contributed by atoms with Crippen LogP contribution in [0.5, 0.6) is 0 Å². The topological polar surface area (TPSA) is 53.1 Å². The minimum absolute atomic E-state index is 0.217. The number of hydrogen-bond donors (Lipinski definition) is 2. The van der Waals surface area contributed by atoms with Crippen LogP contribution in [0.25, 0.3) is 0 Å². The number of pyridine rings is 2. The second-order valence-corrected chi connectivity index (χ2v) is 9.21. The molecule has 5 fully saturated rings. The van der Waals surface area contributed by atoms with Crippen LogP contribution in [0.4, 0.5) is 17.5 Å². The molecule has 5 heteroatoms. The second-order valence-electron chi connectivity index (χ2n) is 9.21. The fourth-order valence-corrected chi connectivity index (χ4v) is 5.46. The molecule has 3 saturated heterocycles. The molecule has 2 atom stereocenters. The van der Waals surface area contributed by atoms with Crippen molar-refractivity contribution in [3.8, 4) is 0 Å². The number of rotatable bonds is 4. The van der Waals surface area contributed by atoms with Gasteiger partial charge in [-0.25, -0.2) is 9.97 Å². The number of aromatic nitrogens is 2. The molecular formula is C22H27N5. The number of anilines is 3. The van der Waals surface area contributed by atoms with Crippen molar-refractivity contribution in [2.24, 2.45) is 17.8 Å². The Morgan fingerprint density at radius 1 is 1.15 bits per heavy atom. The van der Waals surface area contributed by atoms with Crippen LogP contribution in [-0.4, -0.2) is 35.6 Å². The Balaban J connectivity index is 1.38. The van der Waals surface area contributed by atoms with Gasteiger partial charge in [-0.15, -0.1) is 0 Å². The van der Waals surface area contributed by atoms with E-state index in [4.69, 9.17) is 4.98 Å². The summed E-state index contributed by atoms with van der Waals surface area (Å²) >= 11 is 0. The van der Waals surface area contributed by atoms with E-state index in [0.29, 0.717) is 0 Å². The predicted octanol–water partition coefficient (Wildman–Crippen LogP) is 3.23. The summed E-state index contributed by atoms with van der Waals surface area (Å²) in [5.41, 5.74) is 2.84. The molecule has 2 aliphatic carbocycles.